The molecule has 0 aliphatic carbocycles. The van der Waals surface area contributed by atoms with Crippen molar-refractivity contribution in [2.24, 2.45) is 0 Å². The Kier molecular flexibility index (Phi) is 7.55. The molecule has 0 aliphatic heterocycles. The molecule has 2 rings (SSSR count). The van der Waals surface area contributed by atoms with Crippen LogP contribution in [0, 0.1) is 0 Å². The lowest BCUT2D eigenvalue weighted by atomic mass is 10.3. The van der Waals surface area contributed by atoms with Gasteiger partial charge >= 0.3 is 5.97 Å². The summed E-state index contributed by atoms with van der Waals surface area (Å²) in [4.78, 5) is 24.0. The molecule has 1 aromatic carbocycles. The van der Waals surface area contributed by atoms with Crippen molar-refractivity contribution in [1.82, 2.24) is 0 Å². The average molecular weight is 452 g/mol. The maximum Gasteiger partial charge on any atom is 0.306 e. The quantitative estimate of drug-likeness (QED) is 0.306. The van der Waals surface area contributed by atoms with E-state index in [9.17, 15) is 9.59 Å². The van der Waals surface area contributed by atoms with Crippen LogP contribution in [0.15, 0.2) is 34.1 Å². The number of hydrogen-bond acceptors (Lipinski definition) is 5. The molecule has 8 heteroatoms. The van der Waals surface area contributed by atoms with E-state index >= 15 is 0 Å². The summed E-state index contributed by atoms with van der Waals surface area (Å²) in [6.07, 6.45) is 0.614. The molecule has 0 spiro atoms. The van der Waals surface area contributed by atoms with Crippen LogP contribution in [0.1, 0.15) is 22.5 Å². The van der Waals surface area contributed by atoms with Crippen molar-refractivity contribution < 1.29 is 19.1 Å². The largest absolute Gasteiger partial charge is 0.492 e. The van der Waals surface area contributed by atoms with E-state index in [4.69, 9.17) is 32.7 Å². The normalized spacial score (nSPS) is 10.5. The number of esters is 1. The number of rotatable bonds is 8. The summed E-state index contributed by atoms with van der Waals surface area (Å²) in [6.45, 7) is 0.0535. The smallest absolute Gasteiger partial charge is 0.306 e. The molecule has 0 aliphatic rings. The van der Waals surface area contributed by atoms with Crippen molar-refractivity contribution in [3.8, 4) is 5.75 Å². The monoisotopic (exact) mass is 450 g/mol. The summed E-state index contributed by atoms with van der Waals surface area (Å²) in [6, 6.07) is 8.39. The molecule has 0 radical (unpaired) electrons. The third-order valence-electron chi connectivity index (χ3n) is 2.89. The zero-order valence-electron chi connectivity index (χ0n) is 12.4. The molecule has 0 fully saturated rings. The van der Waals surface area contributed by atoms with Gasteiger partial charge in [0, 0.05) is 11.4 Å². The van der Waals surface area contributed by atoms with Crippen LogP contribution >= 0.6 is 50.5 Å². The number of carbonyl (C=O) groups is 2. The van der Waals surface area contributed by atoms with E-state index in [2.05, 4.69) is 15.9 Å². The van der Waals surface area contributed by atoms with Crippen LogP contribution in [-0.2, 0) is 9.53 Å². The van der Waals surface area contributed by atoms with E-state index in [1.54, 1.807) is 30.3 Å². The molecule has 0 N–H and O–H groups in total. The number of hydrogen-bond donors (Lipinski definition) is 0. The minimum atomic E-state index is -0.440. The number of thiophene rings is 1. The highest BCUT2D eigenvalue weighted by Gasteiger charge is 2.12. The predicted molar refractivity (Wildman–Crippen MR) is 98.5 cm³/mol. The Hall–Kier alpha value is -1.08. The van der Waals surface area contributed by atoms with Gasteiger partial charge in [-0.2, -0.15) is 0 Å². The zero-order valence-corrected chi connectivity index (χ0v) is 16.3. The second-order valence-corrected chi connectivity index (χ2v) is 8.02. The Morgan fingerprint density at radius 1 is 1.17 bits per heavy atom. The minimum Gasteiger partial charge on any atom is -0.492 e. The summed E-state index contributed by atoms with van der Waals surface area (Å²) in [7, 11) is 0. The average Bonchev–Trinajstić information content (AvgIpc) is 2.97. The molecular formula is C16H13BrCl2O4S. The fourth-order valence-electron chi connectivity index (χ4n) is 1.74. The third kappa shape index (κ3) is 6.09. The number of benzene rings is 1. The van der Waals surface area contributed by atoms with Crippen LogP contribution in [0.5, 0.6) is 5.75 Å². The maximum absolute atomic E-state index is 11.8. The second kappa shape index (κ2) is 9.42. The molecule has 4 nitrogen and oxygen atoms in total. The van der Waals surface area contributed by atoms with Crippen molar-refractivity contribution in [1.29, 1.82) is 0 Å². The molecule has 0 unspecified atom stereocenters. The standard InChI is InChI=1S/C16H13BrCl2O4S/c17-15-6-5-14(24-15)12(20)9-23-16(21)2-1-7-22-13-4-3-10(18)8-11(13)19/h3-6,8H,1-2,7,9H2. The van der Waals surface area contributed by atoms with Gasteiger partial charge in [0.1, 0.15) is 5.75 Å². The Balaban J connectivity index is 1.65. The Bertz CT molecular complexity index is 733. The topological polar surface area (TPSA) is 52.6 Å². The fraction of sp³-hybridized carbons (Fsp3) is 0.250. The van der Waals surface area contributed by atoms with Gasteiger partial charge in [-0.05, 0) is 52.7 Å². The minimum absolute atomic E-state index is 0.159. The summed E-state index contributed by atoms with van der Waals surface area (Å²) >= 11 is 16.4. The highest BCUT2D eigenvalue weighted by atomic mass is 79.9. The van der Waals surface area contributed by atoms with Gasteiger partial charge in [-0.1, -0.05) is 23.2 Å². The van der Waals surface area contributed by atoms with Crippen molar-refractivity contribution in [3.63, 3.8) is 0 Å². The molecule has 0 atom stereocenters. The van der Waals surface area contributed by atoms with E-state index in [0.29, 0.717) is 33.7 Å². The SMILES string of the molecule is O=C(CCCOc1ccc(Cl)cc1Cl)OCC(=O)c1ccc(Br)s1. The Morgan fingerprint density at radius 2 is 1.96 bits per heavy atom. The van der Waals surface area contributed by atoms with Gasteiger partial charge in [-0.3, -0.25) is 9.59 Å². The van der Waals surface area contributed by atoms with E-state index in [1.165, 1.54) is 11.3 Å². The van der Waals surface area contributed by atoms with Crippen molar-refractivity contribution in [2.45, 2.75) is 12.8 Å². The molecule has 0 bridgehead atoms. The van der Waals surface area contributed by atoms with Crippen molar-refractivity contribution in [2.75, 3.05) is 13.2 Å². The van der Waals surface area contributed by atoms with E-state index in [1.807, 2.05) is 0 Å². The van der Waals surface area contributed by atoms with E-state index in [-0.39, 0.29) is 18.8 Å². The van der Waals surface area contributed by atoms with Crippen molar-refractivity contribution in [3.05, 3.63) is 49.0 Å². The van der Waals surface area contributed by atoms with Gasteiger partial charge < -0.3 is 9.47 Å². The number of Topliss-reactive ketones (excluding diaryl/α,β-unsaturated/α-hetero) is 1. The number of halogens is 3. The van der Waals surface area contributed by atoms with Gasteiger partial charge in [0.2, 0.25) is 5.78 Å². The summed E-state index contributed by atoms with van der Waals surface area (Å²) in [5.74, 6) is -0.152. The van der Waals surface area contributed by atoms with Gasteiger partial charge in [0.25, 0.3) is 0 Å². The summed E-state index contributed by atoms with van der Waals surface area (Å²) < 4.78 is 11.3. The highest BCUT2D eigenvalue weighted by Crippen LogP contribution is 2.27. The molecule has 0 saturated heterocycles. The van der Waals surface area contributed by atoms with E-state index < -0.39 is 5.97 Å². The number of carbonyl (C=O) groups excluding carboxylic acids is 2. The van der Waals surface area contributed by atoms with Gasteiger partial charge in [0.15, 0.2) is 6.61 Å². The summed E-state index contributed by atoms with van der Waals surface area (Å²) in [5.41, 5.74) is 0. The molecule has 1 heterocycles. The Morgan fingerprint density at radius 3 is 2.62 bits per heavy atom. The number of ketones is 1. The first kappa shape index (κ1) is 19.2. The van der Waals surface area contributed by atoms with Crippen LogP contribution < -0.4 is 4.74 Å². The van der Waals surface area contributed by atoms with Crippen LogP contribution in [0.4, 0.5) is 0 Å². The van der Waals surface area contributed by atoms with Crippen LogP contribution in [0.2, 0.25) is 10.0 Å². The molecule has 1 aromatic heterocycles. The molecule has 0 amide bonds. The lowest BCUT2D eigenvalue weighted by Gasteiger charge is -2.08. The van der Waals surface area contributed by atoms with Gasteiger partial charge in [-0.25, -0.2) is 0 Å². The van der Waals surface area contributed by atoms with Crippen LogP contribution in [-0.4, -0.2) is 25.0 Å². The van der Waals surface area contributed by atoms with E-state index in [0.717, 1.165) is 3.79 Å². The highest BCUT2D eigenvalue weighted by molar-refractivity contribution is 9.11. The molecule has 0 saturated carbocycles. The first-order valence-electron chi connectivity index (χ1n) is 6.97. The molecule has 24 heavy (non-hydrogen) atoms. The van der Waals surface area contributed by atoms with Crippen LogP contribution in [0.3, 0.4) is 0 Å². The molecular weight excluding hydrogens is 439 g/mol. The van der Waals surface area contributed by atoms with Gasteiger partial charge in [0.05, 0.1) is 20.3 Å². The second-order valence-electron chi connectivity index (χ2n) is 4.71. The fourth-order valence-corrected chi connectivity index (χ4v) is 3.52. The number of ether oxygens (including phenoxy) is 2. The maximum atomic E-state index is 11.8. The van der Waals surface area contributed by atoms with Crippen molar-refractivity contribution >= 4 is 62.2 Å². The molecule has 128 valence electrons. The third-order valence-corrected chi connectivity index (χ3v) is 5.08. The lowest BCUT2D eigenvalue weighted by Crippen LogP contribution is -2.14. The zero-order chi connectivity index (χ0) is 17.5. The first-order chi connectivity index (χ1) is 11.5. The Labute approximate surface area is 161 Å². The predicted octanol–water partition coefficient (Wildman–Crippen LogP) is 5.40. The first-order valence-corrected chi connectivity index (χ1v) is 9.34. The van der Waals surface area contributed by atoms with Crippen LogP contribution in [0.25, 0.3) is 0 Å². The lowest BCUT2D eigenvalue weighted by molar-refractivity contribution is -0.142. The summed E-state index contributed by atoms with van der Waals surface area (Å²) in [5, 5.41) is 0.941. The van der Waals surface area contributed by atoms with Gasteiger partial charge in [-0.15, -0.1) is 11.3 Å². The molecule has 2 aromatic rings.